The van der Waals surface area contributed by atoms with Gasteiger partial charge in [0, 0.05) is 58.1 Å². The standard InChI is InChI=1S/C24H32ClN5O/c1-19(29-13-15-30(16-14-29)23-8-7-21(25)17-26-23)24(31)27-22-9-11-28(12-10-22)18-20-5-3-2-4-6-20/h2-8,17,19,22H,9-16,18H2,1H3,(H,27,31). The van der Waals surface area contributed by atoms with Gasteiger partial charge < -0.3 is 10.2 Å². The number of amides is 1. The minimum Gasteiger partial charge on any atom is -0.354 e. The van der Waals surface area contributed by atoms with Crippen molar-refractivity contribution < 1.29 is 4.79 Å². The molecule has 4 rings (SSSR count). The van der Waals surface area contributed by atoms with Gasteiger partial charge in [-0.1, -0.05) is 41.9 Å². The molecule has 1 N–H and O–H groups in total. The Labute approximate surface area is 190 Å². The molecule has 0 spiro atoms. The number of pyridine rings is 1. The first-order chi connectivity index (χ1) is 15.1. The maximum Gasteiger partial charge on any atom is 0.237 e. The van der Waals surface area contributed by atoms with Crippen molar-refractivity contribution >= 4 is 23.3 Å². The number of carbonyl (C=O) groups is 1. The second kappa shape index (κ2) is 10.4. The van der Waals surface area contributed by atoms with Crippen molar-refractivity contribution in [2.45, 2.75) is 38.4 Å². The Bertz CT molecular complexity index is 831. The molecule has 1 unspecified atom stereocenters. The Morgan fingerprint density at radius 2 is 1.77 bits per heavy atom. The van der Waals surface area contributed by atoms with Crippen LogP contribution < -0.4 is 10.2 Å². The molecule has 2 fully saturated rings. The van der Waals surface area contributed by atoms with Crippen molar-refractivity contribution in [1.29, 1.82) is 0 Å². The number of rotatable bonds is 6. The largest absolute Gasteiger partial charge is 0.354 e. The minimum atomic E-state index is -0.109. The van der Waals surface area contributed by atoms with Crippen LogP contribution in [-0.4, -0.2) is 72.0 Å². The highest BCUT2D eigenvalue weighted by Gasteiger charge is 2.28. The number of benzene rings is 1. The summed E-state index contributed by atoms with van der Waals surface area (Å²) in [6.07, 6.45) is 3.72. The highest BCUT2D eigenvalue weighted by Crippen LogP contribution is 2.18. The molecule has 31 heavy (non-hydrogen) atoms. The van der Waals surface area contributed by atoms with E-state index in [-0.39, 0.29) is 18.0 Å². The van der Waals surface area contributed by atoms with Crippen LogP contribution in [0.2, 0.25) is 5.02 Å². The number of piperazine rings is 1. The zero-order valence-corrected chi connectivity index (χ0v) is 19.0. The lowest BCUT2D eigenvalue weighted by molar-refractivity contribution is -0.127. The van der Waals surface area contributed by atoms with Gasteiger partial charge in [0.05, 0.1) is 11.1 Å². The predicted molar refractivity (Wildman–Crippen MR) is 125 cm³/mol. The number of nitrogens with zero attached hydrogens (tertiary/aromatic N) is 4. The normalized spacial score (nSPS) is 19.9. The van der Waals surface area contributed by atoms with Gasteiger partial charge in [-0.2, -0.15) is 0 Å². The average Bonchev–Trinajstić information content (AvgIpc) is 2.81. The fourth-order valence-corrected chi connectivity index (χ4v) is 4.57. The molecule has 0 bridgehead atoms. The number of hydrogen-bond acceptors (Lipinski definition) is 5. The van der Waals surface area contributed by atoms with Crippen LogP contribution in [0.25, 0.3) is 0 Å². The third-order valence-corrected chi connectivity index (χ3v) is 6.68. The van der Waals surface area contributed by atoms with E-state index in [1.165, 1.54) is 5.56 Å². The fourth-order valence-electron chi connectivity index (χ4n) is 4.46. The smallest absolute Gasteiger partial charge is 0.237 e. The summed E-state index contributed by atoms with van der Waals surface area (Å²) >= 11 is 5.94. The topological polar surface area (TPSA) is 51.7 Å². The van der Waals surface area contributed by atoms with E-state index in [1.54, 1.807) is 6.20 Å². The number of carbonyl (C=O) groups excluding carboxylic acids is 1. The minimum absolute atomic E-state index is 0.109. The Hall–Kier alpha value is -2.15. The second-order valence-corrected chi connectivity index (χ2v) is 9.01. The summed E-state index contributed by atoms with van der Waals surface area (Å²) < 4.78 is 0. The summed E-state index contributed by atoms with van der Waals surface area (Å²) in [5.41, 5.74) is 1.35. The molecule has 2 aromatic rings. The van der Waals surface area contributed by atoms with Gasteiger partial charge >= 0.3 is 0 Å². The number of likely N-dealkylation sites (tertiary alicyclic amines) is 1. The molecule has 1 aromatic heterocycles. The summed E-state index contributed by atoms with van der Waals surface area (Å²) in [4.78, 5) is 24.3. The fraction of sp³-hybridized carbons (Fsp3) is 0.500. The zero-order chi connectivity index (χ0) is 21.6. The lowest BCUT2D eigenvalue weighted by atomic mass is 10.0. The van der Waals surface area contributed by atoms with Gasteiger partial charge in [-0.15, -0.1) is 0 Å². The number of hydrogen-bond donors (Lipinski definition) is 1. The maximum absolute atomic E-state index is 12.9. The molecule has 0 aliphatic carbocycles. The van der Waals surface area contributed by atoms with E-state index in [1.807, 2.05) is 19.1 Å². The van der Waals surface area contributed by atoms with Crippen LogP contribution in [0, 0.1) is 0 Å². The van der Waals surface area contributed by atoms with Crippen LogP contribution in [0.5, 0.6) is 0 Å². The van der Waals surface area contributed by atoms with Crippen molar-refractivity contribution in [3.8, 4) is 0 Å². The molecular weight excluding hydrogens is 410 g/mol. The molecule has 2 saturated heterocycles. The predicted octanol–water partition coefficient (Wildman–Crippen LogP) is 3.03. The first-order valence-corrected chi connectivity index (χ1v) is 11.6. The van der Waals surface area contributed by atoms with E-state index in [4.69, 9.17) is 11.6 Å². The van der Waals surface area contributed by atoms with Crippen LogP contribution in [-0.2, 0) is 11.3 Å². The van der Waals surface area contributed by atoms with Crippen molar-refractivity contribution in [2.75, 3.05) is 44.2 Å². The molecule has 6 nitrogen and oxygen atoms in total. The van der Waals surface area contributed by atoms with E-state index in [9.17, 15) is 4.79 Å². The molecule has 166 valence electrons. The van der Waals surface area contributed by atoms with E-state index in [2.05, 4.69) is 55.3 Å². The van der Waals surface area contributed by atoms with Gasteiger partial charge in [0.15, 0.2) is 0 Å². The molecular formula is C24H32ClN5O. The Morgan fingerprint density at radius 3 is 2.42 bits per heavy atom. The van der Waals surface area contributed by atoms with Crippen LogP contribution in [0.3, 0.4) is 0 Å². The molecule has 3 heterocycles. The molecule has 7 heteroatoms. The Kier molecular flexibility index (Phi) is 7.43. The lowest BCUT2D eigenvalue weighted by Gasteiger charge is -2.39. The maximum atomic E-state index is 12.9. The van der Waals surface area contributed by atoms with E-state index in [0.717, 1.165) is 64.5 Å². The van der Waals surface area contributed by atoms with Crippen LogP contribution in [0.15, 0.2) is 48.7 Å². The first kappa shape index (κ1) is 22.1. The van der Waals surface area contributed by atoms with Gasteiger partial charge in [0.1, 0.15) is 5.82 Å². The van der Waals surface area contributed by atoms with Crippen LogP contribution >= 0.6 is 11.6 Å². The third-order valence-electron chi connectivity index (χ3n) is 6.46. The van der Waals surface area contributed by atoms with Gasteiger partial charge in [0.2, 0.25) is 5.91 Å². The van der Waals surface area contributed by atoms with Gasteiger partial charge in [-0.05, 0) is 37.5 Å². The summed E-state index contributed by atoms with van der Waals surface area (Å²) in [6, 6.07) is 14.6. The van der Waals surface area contributed by atoms with E-state index >= 15 is 0 Å². The van der Waals surface area contributed by atoms with Gasteiger partial charge in [0.25, 0.3) is 0 Å². The number of aromatic nitrogens is 1. The number of nitrogens with one attached hydrogen (secondary N) is 1. The molecule has 0 saturated carbocycles. The van der Waals surface area contributed by atoms with Gasteiger partial charge in [-0.3, -0.25) is 14.6 Å². The first-order valence-electron chi connectivity index (χ1n) is 11.3. The lowest BCUT2D eigenvalue weighted by Crippen LogP contribution is -2.56. The third kappa shape index (κ3) is 5.97. The van der Waals surface area contributed by atoms with Gasteiger partial charge in [-0.25, -0.2) is 4.98 Å². The summed E-state index contributed by atoms with van der Waals surface area (Å²) in [5, 5.41) is 3.95. The molecule has 1 atom stereocenters. The monoisotopic (exact) mass is 441 g/mol. The molecule has 1 aromatic carbocycles. The van der Waals surface area contributed by atoms with Crippen molar-refractivity contribution in [1.82, 2.24) is 20.1 Å². The number of halogens is 1. The Balaban J connectivity index is 1.19. The highest BCUT2D eigenvalue weighted by atomic mass is 35.5. The SMILES string of the molecule is CC(C(=O)NC1CCN(Cc2ccccc2)CC1)N1CCN(c2ccc(Cl)cn2)CC1. The summed E-state index contributed by atoms with van der Waals surface area (Å²) in [7, 11) is 0. The molecule has 2 aliphatic heterocycles. The summed E-state index contributed by atoms with van der Waals surface area (Å²) in [6.45, 7) is 8.51. The average molecular weight is 442 g/mol. The zero-order valence-electron chi connectivity index (χ0n) is 18.2. The van der Waals surface area contributed by atoms with Crippen LogP contribution in [0.1, 0.15) is 25.3 Å². The quantitative estimate of drug-likeness (QED) is 0.746. The van der Waals surface area contributed by atoms with Crippen molar-refractivity contribution in [2.24, 2.45) is 0 Å². The number of anilines is 1. The van der Waals surface area contributed by atoms with E-state index in [0.29, 0.717) is 5.02 Å². The van der Waals surface area contributed by atoms with Crippen molar-refractivity contribution in [3.63, 3.8) is 0 Å². The van der Waals surface area contributed by atoms with Crippen molar-refractivity contribution in [3.05, 3.63) is 59.2 Å². The Morgan fingerprint density at radius 1 is 1.06 bits per heavy atom. The van der Waals surface area contributed by atoms with E-state index < -0.39 is 0 Å². The summed E-state index contributed by atoms with van der Waals surface area (Å²) in [5.74, 6) is 1.10. The second-order valence-electron chi connectivity index (χ2n) is 8.58. The molecule has 1 amide bonds. The highest BCUT2D eigenvalue weighted by molar-refractivity contribution is 6.30. The van der Waals surface area contributed by atoms with Crippen LogP contribution in [0.4, 0.5) is 5.82 Å². The number of piperidine rings is 1. The molecule has 0 radical (unpaired) electrons. The molecule has 2 aliphatic rings.